The number of carboxylic acid groups (broad SMARTS) is 1. The summed E-state index contributed by atoms with van der Waals surface area (Å²) in [6.07, 6.45) is 0.729. The first-order chi connectivity index (χ1) is 13.9. The largest absolute Gasteiger partial charge is 0.465 e. The van der Waals surface area contributed by atoms with Crippen LogP contribution in [0, 0.1) is 0 Å². The SMILES string of the molecule is NC(=O)CN(CCN1CCN(c2ccc(-c3ccc(Cl)cc3)cn2)CC1)C(=O)O. The number of carbonyl (C=O) groups excluding carboxylic acids is 1. The predicted octanol–water partition coefficient (Wildman–Crippen LogP) is 1.99. The van der Waals surface area contributed by atoms with Gasteiger partial charge in [0.25, 0.3) is 0 Å². The van der Waals surface area contributed by atoms with Crippen LogP contribution < -0.4 is 10.6 Å². The molecule has 154 valence electrons. The minimum absolute atomic E-state index is 0.256. The Morgan fingerprint density at radius 2 is 1.72 bits per heavy atom. The molecule has 1 aliphatic heterocycles. The van der Waals surface area contributed by atoms with E-state index in [1.54, 1.807) is 0 Å². The van der Waals surface area contributed by atoms with Crippen LogP contribution in [-0.4, -0.2) is 77.7 Å². The van der Waals surface area contributed by atoms with Gasteiger partial charge in [0.1, 0.15) is 12.4 Å². The summed E-state index contributed by atoms with van der Waals surface area (Å²) in [6.45, 7) is 3.74. The molecule has 2 heterocycles. The quantitative estimate of drug-likeness (QED) is 0.714. The van der Waals surface area contributed by atoms with Crippen molar-refractivity contribution in [2.24, 2.45) is 5.73 Å². The Balaban J connectivity index is 1.50. The summed E-state index contributed by atoms with van der Waals surface area (Å²) in [6, 6.07) is 11.7. The number of anilines is 1. The topological polar surface area (TPSA) is 103 Å². The van der Waals surface area contributed by atoms with Gasteiger partial charge in [-0.15, -0.1) is 0 Å². The van der Waals surface area contributed by atoms with Gasteiger partial charge in [-0.05, 0) is 29.8 Å². The number of carbonyl (C=O) groups is 2. The Morgan fingerprint density at radius 1 is 1.07 bits per heavy atom. The zero-order valence-electron chi connectivity index (χ0n) is 16.0. The maximum Gasteiger partial charge on any atom is 0.407 e. The lowest BCUT2D eigenvalue weighted by Crippen LogP contribution is -2.49. The second kappa shape index (κ2) is 9.58. The first-order valence-corrected chi connectivity index (χ1v) is 9.75. The summed E-state index contributed by atoms with van der Waals surface area (Å²) in [5.74, 6) is 0.272. The van der Waals surface area contributed by atoms with Crippen LogP contribution in [0.3, 0.4) is 0 Å². The second-order valence-corrected chi connectivity index (χ2v) is 7.35. The molecule has 3 N–H and O–H groups in total. The van der Waals surface area contributed by atoms with Crippen molar-refractivity contribution in [3.05, 3.63) is 47.6 Å². The van der Waals surface area contributed by atoms with Crippen molar-refractivity contribution in [1.82, 2.24) is 14.8 Å². The fraction of sp³-hybridized carbons (Fsp3) is 0.350. The van der Waals surface area contributed by atoms with Gasteiger partial charge in [-0.1, -0.05) is 23.7 Å². The van der Waals surface area contributed by atoms with E-state index in [2.05, 4.69) is 14.8 Å². The summed E-state index contributed by atoms with van der Waals surface area (Å²) in [7, 11) is 0. The van der Waals surface area contributed by atoms with Crippen molar-refractivity contribution in [2.45, 2.75) is 0 Å². The Morgan fingerprint density at radius 3 is 2.28 bits per heavy atom. The van der Waals surface area contributed by atoms with Gasteiger partial charge >= 0.3 is 6.09 Å². The van der Waals surface area contributed by atoms with Crippen LogP contribution in [0.4, 0.5) is 10.6 Å². The number of primary amides is 1. The normalized spacial score (nSPS) is 14.6. The maximum absolute atomic E-state index is 11.2. The fourth-order valence-electron chi connectivity index (χ4n) is 3.28. The van der Waals surface area contributed by atoms with Gasteiger partial charge in [0.15, 0.2) is 0 Å². The summed E-state index contributed by atoms with van der Waals surface area (Å²) >= 11 is 5.94. The third-order valence-corrected chi connectivity index (χ3v) is 5.18. The van der Waals surface area contributed by atoms with E-state index in [0.29, 0.717) is 11.6 Å². The Kier molecular flexibility index (Phi) is 6.90. The lowest BCUT2D eigenvalue weighted by atomic mass is 10.1. The average molecular weight is 418 g/mol. The number of piperazine rings is 1. The van der Waals surface area contributed by atoms with Crippen molar-refractivity contribution >= 4 is 29.4 Å². The van der Waals surface area contributed by atoms with E-state index >= 15 is 0 Å². The molecule has 8 nitrogen and oxygen atoms in total. The minimum Gasteiger partial charge on any atom is -0.465 e. The summed E-state index contributed by atoms with van der Waals surface area (Å²) in [4.78, 5) is 32.2. The van der Waals surface area contributed by atoms with E-state index in [9.17, 15) is 9.59 Å². The van der Waals surface area contributed by atoms with Crippen LogP contribution in [0.15, 0.2) is 42.6 Å². The number of hydrogen-bond donors (Lipinski definition) is 2. The van der Waals surface area contributed by atoms with Crippen LogP contribution in [0.25, 0.3) is 11.1 Å². The van der Waals surface area contributed by atoms with Gasteiger partial charge in [0.2, 0.25) is 5.91 Å². The number of halogens is 1. The highest BCUT2D eigenvalue weighted by Crippen LogP contribution is 2.23. The monoisotopic (exact) mass is 417 g/mol. The molecule has 0 atom stereocenters. The van der Waals surface area contributed by atoms with E-state index in [-0.39, 0.29) is 13.1 Å². The van der Waals surface area contributed by atoms with Crippen molar-refractivity contribution in [2.75, 3.05) is 50.7 Å². The Bertz CT molecular complexity index is 836. The highest BCUT2D eigenvalue weighted by molar-refractivity contribution is 6.30. The molecule has 3 rings (SSSR count). The molecule has 1 aromatic heterocycles. The molecule has 2 aromatic rings. The standard InChI is InChI=1S/C20H24ClN5O3/c21-17-4-1-15(2-5-17)16-3-6-19(23-13-16)25-10-7-24(8-11-25)9-12-26(20(28)29)14-18(22)27/h1-6,13H,7-12,14H2,(H2,22,27)(H,28,29). The third-order valence-electron chi connectivity index (χ3n) is 4.93. The third kappa shape index (κ3) is 5.82. The molecular weight excluding hydrogens is 394 g/mol. The average Bonchev–Trinajstić information content (AvgIpc) is 2.72. The number of hydrogen-bond acceptors (Lipinski definition) is 5. The van der Waals surface area contributed by atoms with Crippen LogP contribution in [0.1, 0.15) is 0 Å². The zero-order chi connectivity index (χ0) is 20.8. The highest BCUT2D eigenvalue weighted by Gasteiger charge is 2.20. The number of amides is 2. The first kappa shape index (κ1) is 20.9. The van der Waals surface area contributed by atoms with E-state index in [1.807, 2.05) is 42.6 Å². The number of nitrogens with zero attached hydrogens (tertiary/aromatic N) is 4. The summed E-state index contributed by atoms with van der Waals surface area (Å²) < 4.78 is 0. The molecular formula is C20H24ClN5O3. The Labute approximate surface area is 174 Å². The van der Waals surface area contributed by atoms with Crippen LogP contribution >= 0.6 is 11.6 Å². The van der Waals surface area contributed by atoms with E-state index in [1.165, 1.54) is 0 Å². The van der Waals surface area contributed by atoms with Gasteiger partial charge in [-0.2, -0.15) is 0 Å². The molecule has 0 aliphatic carbocycles. The lowest BCUT2D eigenvalue weighted by molar-refractivity contribution is -0.118. The van der Waals surface area contributed by atoms with Crippen molar-refractivity contribution in [1.29, 1.82) is 0 Å². The van der Waals surface area contributed by atoms with Crippen LogP contribution in [0.2, 0.25) is 5.02 Å². The number of benzene rings is 1. The fourth-order valence-corrected chi connectivity index (χ4v) is 3.41. The molecule has 1 saturated heterocycles. The lowest BCUT2D eigenvalue weighted by Gasteiger charge is -2.36. The molecule has 1 aliphatic rings. The van der Waals surface area contributed by atoms with Crippen LogP contribution in [0.5, 0.6) is 0 Å². The molecule has 2 amide bonds. The van der Waals surface area contributed by atoms with Crippen molar-refractivity contribution < 1.29 is 14.7 Å². The van der Waals surface area contributed by atoms with E-state index in [0.717, 1.165) is 48.0 Å². The zero-order valence-corrected chi connectivity index (χ0v) is 16.8. The maximum atomic E-state index is 11.2. The predicted molar refractivity (Wildman–Crippen MR) is 112 cm³/mol. The van der Waals surface area contributed by atoms with E-state index < -0.39 is 12.0 Å². The van der Waals surface area contributed by atoms with Gasteiger partial charge in [-0.25, -0.2) is 9.78 Å². The number of nitrogens with two attached hydrogens (primary N) is 1. The molecule has 0 bridgehead atoms. The molecule has 0 spiro atoms. The number of aromatic nitrogens is 1. The minimum atomic E-state index is -1.13. The second-order valence-electron chi connectivity index (χ2n) is 6.91. The summed E-state index contributed by atoms with van der Waals surface area (Å²) in [5.41, 5.74) is 7.20. The van der Waals surface area contributed by atoms with Crippen LogP contribution in [-0.2, 0) is 4.79 Å². The van der Waals surface area contributed by atoms with Crippen molar-refractivity contribution in [3.63, 3.8) is 0 Å². The number of rotatable bonds is 7. The Hall–Kier alpha value is -2.84. The molecule has 1 fully saturated rings. The molecule has 0 saturated carbocycles. The van der Waals surface area contributed by atoms with Gasteiger partial charge < -0.3 is 15.7 Å². The molecule has 0 unspecified atom stereocenters. The number of pyridine rings is 1. The first-order valence-electron chi connectivity index (χ1n) is 9.38. The molecule has 29 heavy (non-hydrogen) atoms. The molecule has 9 heteroatoms. The van der Waals surface area contributed by atoms with Crippen molar-refractivity contribution in [3.8, 4) is 11.1 Å². The highest BCUT2D eigenvalue weighted by atomic mass is 35.5. The smallest absolute Gasteiger partial charge is 0.407 e. The summed E-state index contributed by atoms with van der Waals surface area (Å²) in [5, 5.41) is 9.84. The van der Waals surface area contributed by atoms with E-state index in [4.69, 9.17) is 22.4 Å². The molecule has 1 aromatic carbocycles. The van der Waals surface area contributed by atoms with Gasteiger partial charge in [0.05, 0.1) is 0 Å². The molecule has 0 radical (unpaired) electrons. The van der Waals surface area contributed by atoms with Gasteiger partial charge in [0, 0.05) is 56.1 Å². The van der Waals surface area contributed by atoms with Gasteiger partial charge in [-0.3, -0.25) is 14.6 Å².